The highest BCUT2D eigenvalue weighted by molar-refractivity contribution is 7.83. The number of nitrogens with zero attached hydrogens (tertiary/aromatic N) is 1. The van der Waals surface area contributed by atoms with E-state index in [2.05, 4.69) is 21.8 Å². The molecule has 6 heteroatoms. The fraction of sp³-hybridized carbons (Fsp3) is 0.389. The monoisotopic (exact) mass is 346 g/mol. The van der Waals surface area contributed by atoms with E-state index >= 15 is 0 Å². The van der Waals surface area contributed by atoms with Gasteiger partial charge in [-0.3, -0.25) is 4.98 Å². The Morgan fingerprint density at radius 1 is 1.21 bits per heavy atom. The summed E-state index contributed by atoms with van der Waals surface area (Å²) < 4.78 is 26.3. The molecule has 24 heavy (non-hydrogen) atoms. The average Bonchev–Trinajstić information content (AvgIpc) is 2.97. The van der Waals surface area contributed by atoms with Crippen LogP contribution in [0.3, 0.4) is 0 Å². The van der Waals surface area contributed by atoms with E-state index in [1.165, 1.54) is 11.1 Å². The summed E-state index contributed by atoms with van der Waals surface area (Å²) in [5, 5.41) is 0.109. The molecule has 0 fully saturated rings. The minimum Gasteiger partial charge on any atom is -0.495 e. The second kappa shape index (κ2) is 7.32. The molecular formula is C18H22N2O3S. The van der Waals surface area contributed by atoms with Crippen LogP contribution in [0.4, 0.5) is 0 Å². The van der Waals surface area contributed by atoms with Crippen molar-refractivity contribution >= 4 is 11.0 Å². The Bertz CT molecular complexity index is 749. The molecule has 1 aliphatic rings. The van der Waals surface area contributed by atoms with Crippen molar-refractivity contribution in [1.82, 2.24) is 9.71 Å². The number of pyridine rings is 1. The molecule has 0 radical (unpaired) electrons. The predicted molar refractivity (Wildman–Crippen MR) is 94.8 cm³/mol. The molecule has 1 N–H and O–H groups in total. The van der Waals surface area contributed by atoms with E-state index in [9.17, 15) is 4.21 Å². The van der Waals surface area contributed by atoms with Crippen molar-refractivity contribution in [2.45, 2.75) is 38.0 Å². The summed E-state index contributed by atoms with van der Waals surface area (Å²) in [5.74, 6) is 2.08. The fourth-order valence-electron chi connectivity index (χ4n) is 2.76. The van der Waals surface area contributed by atoms with Crippen molar-refractivity contribution in [3.8, 4) is 17.2 Å². The van der Waals surface area contributed by atoms with Gasteiger partial charge in [-0.05, 0) is 49.9 Å². The summed E-state index contributed by atoms with van der Waals surface area (Å²) in [5.41, 5.74) is 2.45. The molecule has 2 aromatic rings. The maximum atomic E-state index is 12.0. The van der Waals surface area contributed by atoms with Gasteiger partial charge in [0.25, 0.3) is 0 Å². The van der Waals surface area contributed by atoms with Crippen LogP contribution in [0, 0.1) is 0 Å². The van der Waals surface area contributed by atoms with Gasteiger partial charge >= 0.3 is 0 Å². The molecule has 3 rings (SSSR count). The zero-order chi connectivity index (χ0) is 17.1. The lowest BCUT2D eigenvalue weighted by molar-refractivity contribution is 0.406. The summed E-state index contributed by atoms with van der Waals surface area (Å²) in [6.07, 6.45) is 5.21. The van der Waals surface area contributed by atoms with Crippen LogP contribution in [0.1, 0.15) is 37.4 Å². The lowest BCUT2D eigenvalue weighted by atomic mass is 10.1. The molecule has 5 nitrogen and oxygen atoms in total. The third kappa shape index (κ3) is 3.76. The van der Waals surface area contributed by atoms with Crippen molar-refractivity contribution in [3.05, 3.63) is 47.8 Å². The van der Waals surface area contributed by atoms with E-state index in [0.29, 0.717) is 11.5 Å². The van der Waals surface area contributed by atoms with Crippen LogP contribution < -0.4 is 14.2 Å². The molecule has 0 spiro atoms. The molecule has 2 atom stereocenters. The van der Waals surface area contributed by atoms with Gasteiger partial charge in [0.2, 0.25) is 0 Å². The number of benzene rings is 1. The van der Waals surface area contributed by atoms with Crippen LogP contribution >= 0.6 is 0 Å². The lowest BCUT2D eigenvalue weighted by Crippen LogP contribution is -2.27. The number of aromatic nitrogens is 1. The van der Waals surface area contributed by atoms with Crippen molar-refractivity contribution in [3.63, 3.8) is 0 Å². The molecule has 1 heterocycles. The highest BCUT2D eigenvalue weighted by Crippen LogP contribution is 2.35. The Morgan fingerprint density at radius 2 is 2.00 bits per heavy atom. The highest BCUT2D eigenvalue weighted by Gasteiger charge is 2.25. The predicted octanol–water partition coefficient (Wildman–Crippen LogP) is 3.53. The van der Waals surface area contributed by atoms with Crippen LogP contribution in [0.5, 0.6) is 17.2 Å². The van der Waals surface area contributed by atoms with E-state index in [-0.39, 0.29) is 11.3 Å². The molecule has 1 aromatic heterocycles. The minimum atomic E-state index is -1.01. The van der Waals surface area contributed by atoms with Crippen molar-refractivity contribution in [2.75, 3.05) is 7.11 Å². The number of hydrogen-bond acceptors (Lipinski definition) is 4. The molecule has 0 saturated heterocycles. The van der Waals surface area contributed by atoms with Gasteiger partial charge in [-0.2, -0.15) is 0 Å². The van der Waals surface area contributed by atoms with E-state index in [1.54, 1.807) is 25.6 Å². The molecule has 0 amide bonds. The Hall–Kier alpha value is -1.92. The number of rotatable bonds is 6. The largest absolute Gasteiger partial charge is 0.495 e. The van der Waals surface area contributed by atoms with E-state index in [4.69, 9.17) is 9.47 Å². The van der Waals surface area contributed by atoms with E-state index < -0.39 is 11.0 Å². The molecular weight excluding hydrogens is 324 g/mol. The van der Waals surface area contributed by atoms with Crippen molar-refractivity contribution in [2.24, 2.45) is 0 Å². The van der Waals surface area contributed by atoms with Crippen molar-refractivity contribution in [1.29, 1.82) is 0 Å². The highest BCUT2D eigenvalue weighted by atomic mass is 32.2. The van der Waals surface area contributed by atoms with Gasteiger partial charge < -0.3 is 9.47 Å². The maximum Gasteiger partial charge on any atom is 0.149 e. The molecule has 2 unspecified atom stereocenters. The first-order valence-corrected chi connectivity index (χ1v) is 9.24. The van der Waals surface area contributed by atoms with Crippen LogP contribution in [0.25, 0.3) is 0 Å². The summed E-state index contributed by atoms with van der Waals surface area (Å²) in [4.78, 5) is 4.09. The van der Waals surface area contributed by atoms with Gasteiger partial charge in [0.1, 0.15) is 17.2 Å². The minimum absolute atomic E-state index is 0.109. The summed E-state index contributed by atoms with van der Waals surface area (Å²) in [7, 11) is 0.589. The number of methoxy groups -OCH3 is 1. The van der Waals surface area contributed by atoms with E-state index in [0.717, 1.165) is 18.6 Å². The normalized spacial score (nSPS) is 17.6. The van der Waals surface area contributed by atoms with Crippen LogP contribution in [0.2, 0.25) is 0 Å². The smallest absolute Gasteiger partial charge is 0.149 e. The van der Waals surface area contributed by atoms with Gasteiger partial charge in [0.15, 0.2) is 0 Å². The Morgan fingerprint density at radius 3 is 2.75 bits per heavy atom. The lowest BCUT2D eigenvalue weighted by Gasteiger charge is -2.15. The standard InChI is InChI=1S/C18H22N2O3S/c1-12(2)24(21)20-18-7-4-13-8-14(5-6-17(13)18)23-16-9-15(22-3)10-19-11-16/h5-6,8-12,18,20H,4,7H2,1-3H3. The number of nitrogens with one attached hydrogen (secondary N) is 1. The SMILES string of the molecule is COc1cncc(Oc2ccc3c(c2)CCC3NS(=O)C(C)C)c1. The third-order valence-electron chi connectivity index (χ3n) is 4.04. The summed E-state index contributed by atoms with van der Waals surface area (Å²) >= 11 is 0. The first-order chi connectivity index (χ1) is 11.6. The van der Waals surface area contributed by atoms with Gasteiger partial charge in [0, 0.05) is 17.4 Å². The molecule has 0 bridgehead atoms. The van der Waals surface area contributed by atoms with Gasteiger partial charge in [-0.25, -0.2) is 8.93 Å². The summed E-state index contributed by atoms with van der Waals surface area (Å²) in [6.45, 7) is 3.91. The zero-order valence-electron chi connectivity index (χ0n) is 14.1. The maximum absolute atomic E-state index is 12.0. The number of aryl methyl sites for hydroxylation is 1. The first kappa shape index (κ1) is 16.9. The van der Waals surface area contributed by atoms with Crippen molar-refractivity contribution < 1.29 is 13.7 Å². The Kier molecular flexibility index (Phi) is 5.16. The molecule has 1 aromatic carbocycles. The second-order valence-electron chi connectivity index (χ2n) is 6.08. The summed E-state index contributed by atoms with van der Waals surface area (Å²) in [6, 6.07) is 8.00. The molecule has 128 valence electrons. The van der Waals surface area contributed by atoms with Gasteiger partial charge in [-0.1, -0.05) is 6.07 Å². The molecule has 0 saturated carbocycles. The average molecular weight is 346 g/mol. The quantitative estimate of drug-likeness (QED) is 0.869. The van der Waals surface area contributed by atoms with Crippen LogP contribution in [-0.4, -0.2) is 21.6 Å². The van der Waals surface area contributed by atoms with Crippen LogP contribution in [0.15, 0.2) is 36.7 Å². The zero-order valence-corrected chi connectivity index (χ0v) is 14.9. The fourth-order valence-corrected chi connectivity index (χ4v) is 3.56. The Balaban J connectivity index is 1.74. The topological polar surface area (TPSA) is 60.5 Å². The first-order valence-electron chi connectivity index (χ1n) is 8.03. The number of hydrogen-bond donors (Lipinski definition) is 1. The van der Waals surface area contributed by atoms with E-state index in [1.807, 2.05) is 19.9 Å². The second-order valence-corrected chi connectivity index (χ2v) is 7.85. The molecule has 0 aliphatic heterocycles. The van der Waals surface area contributed by atoms with Gasteiger partial charge in [0.05, 0.1) is 30.5 Å². The number of ether oxygens (including phenoxy) is 2. The third-order valence-corrected chi connectivity index (χ3v) is 5.41. The van der Waals surface area contributed by atoms with Gasteiger partial charge in [-0.15, -0.1) is 0 Å². The van der Waals surface area contributed by atoms with Crippen LogP contribution in [-0.2, 0) is 17.4 Å². The Labute approximate surface area is 145 Å². The number of fused-ring (bicyclic) bond motifs is 1. The molecule has 1 aliphatic carbocycles.